The molecule has 0 saturated heterocycles. The van der Waals surface area contributed by atoms with Gasteiger partial charge in [-0.3, -0.25) is 14.6 Å². The number of esters is 1. The van der Waals surface area contributed by atoms with Gasteiger partial charge in [-0.1, -0.05) is 6.92 Å². The largest absolute Gasteiger partial charge is 0.468 e. The Morgan fingerprint density at radius 2 is 2.24 bits per heavy atom. The molecule has 0 aliphatic rings. The van der Waals surface area contributed by atoms with Crippen LogP contribution >= 0.6 is 0 Å². The van der Waals surface area contributed by atoms with Gasteiger partial charge in [0.2, 0.25) is 0 Å². The van der Waals surface area contributed by atoms with Gasteiger partial charge in [0.1, 0.15) is 6.54 Å². The van der Waals surface area contributed by atoms with Crippen molar-refractivity contribution < 1.29 is 14.3 Å². The van der Waals surface area contributed by atoms with E-state index in [0.717, 1.165) is 6.42 Å². The third-order valence-electron chi connectivity index (χ3n) is 2.24. The Labute approximate surface area is 100 Å². The number of methoxy groups -OCH3 is 1. The number of pyridine rings is 1. The van der Waals surface area contributed by atoms with Gasteiger partial charge in [-0.05, 0) is 18.6 Å². The minimum Gasteiger partial charge on any atom is -0.468 e. The monoisotopic (exact) mass is 236 g/mol. The third-order valence-corrected chi connectivity index (χ3v) is 2.24. The Morgan fingerprint density at radius 1 is 1.47 bits per heavy atom. The maximum Gasteiger partial charge on any atom is 0.325 e. The van der Waals surface area contributed by atoms with E-state index >= 15 is 0 Å². The summed E-state index contributed by atoms with van der Waals surface area (Å²) in [5.41, 5.74) is 0.477. The van der Waals surface area contributed by atoms with Gasteiger partial charge in [-0.25, -0.2) is 0 Å². The molecule has 1 rings (SSSR count). The van der Waals surface area contributed by atoms with Gasteiger partial charge in [0.05, 0.1) is 12.7 Å². The zero-order valence-electron chi connectivity index (χ0n) is 10.0. The Balaban J connectivity index is 2.77. The van der Waals surface area contributed by atoms with E-state index in [0.29, 0.717) is 12.1 Å². The van der Waals surface area contributed by atoms with Crippen LogP contribution in [0, 0.1) is 0 Å². The average molecular weight is 236 g/mol. The fraction of sp³-hybridized carbons (Fsp3) is 0.417. The number of nitrogens with zero attached hydrogens (tertiary/aromatic N) is 2. The summed E-state index contributed by atoms with van der Waals surface area (Å²) in [7, 11) is 1.31. The number of hydrogen-bond donors (Lipinski definition) is 0. The second-order valence-corrected chi connectivity index (χ2v) is 3.54. The topological polar surface area (TPSA) is 59.5 Å². The van der Waals surface area contributed by atoms with Gasteiger partial charge < -0.3 is 9.64 Å². The summed E-state index contributed by atoms with van der Waals surface area (Å²) in [6.07, 6.45) is 3.87. The molecule has 1 aromatic heterocycles. The molecule has 5 heteroatoms. The molecular weight excluding hydrogens is 220 g/mol. The van der Waals surface area contributed by atoms with Gasteiger partial charge in [0, 0.05) is 18.9 Å². The van der Waals surface area contributed by atoms with E-state index in [1.165, 1.54) is 18.2 Å². The third kappa shape index (κ3) is 3.86. The number of hydrogen-bond acceptors (Lipinski definition) is 4. The predicted molar refractivity (Wildman–Crippen MR) is 62.4 cm³/mol. The van der Waals surface area contributed by atoms with Gasteiger partial charge in [0.25, 0.3) is 5.91 Å². The molecule has 17 heavy (non-hydrogen) atoms. The zero-order chi connectivity index (χ0) is 12.7. The quantitative estimate of drug-likeness (QED) is 0.718. The minimum absolute atomic E-state index is 0.0297. The highest BCUT2D eigenvalue weighted by molar-refractivity contribution is 5.95. The van der Waals surface area contributed by atoms with Crippen LogP contribution in [0.5, 0.6) is 0 Å². The van der Waals surface area contributed by atoms with E-state index in [1.54, 1.807) is 18.3 Å². The van der Waals surface area contributed by atoms with Crippen molar-refractivity contribution in [2.75, 3.05) is 20.2 Å². The van der Waals surface area contributed by atoms with Crippen LogP contribution < -0.4 is 0 Å². The number of carbonyl (C=O) groups excluding carboxylic acids is 2. The van der Waals surface area contributed by atoms with Crippen LogP contribution in [0.3, 0.4) is 0 Å². The summed E-state index contributed by atoms with van der Waals surface area (Å²) in [4.78, 5) is 28.6. The number of carbonyl (C=O) groups is 2. The molecule has 0 aliphatic heterocycles. The van der Waals surface area contributed by atoms with E-state index in [9.17, 15) is 9.59 Å². The molecule has 0 fully saturated rings. The van der Waals surface area contributed by atoms with Crippen molar-refractivity contribution in [2.45, 2.75) is 13.3 Å². The molecule has 1 heterocycles. The molecule has 0 saturated carbocycles. The summed E-state index contributed by atoms with van der Waals surface area (Å²) in [5, 5.41) is 0. The fourth-order valence-corrected chi connectivity index (χ4v) is 1.41. The van der Waals surface area contributed by atoms with E-state index in [4.69, 9.17) is 0 Å². The first kappa shape index (κ1) is 13.2. The number of amides is 1. The highest BCUT2D eigenvalue weighted by atomic mass is 16.5. The summed E-state index contributed by atoms with van der Waals surface area (Å²) >= 11 is 0. The molecule has 0 radical (unpaired) electrons. The van der Waals surface area contributed by atoms with Crippen LogP contribution in [0.25, 0.3) is 0 Å². The van der Waals surface area contributed by atoms with Crippen LogP contribution in [0.1, 0.15) is 23.7 Å². The molecule has 0 aliphatic carbocycles. The normalized spacial score (nSPS) is 9.76. The standard InChI is InChI=1S/C12H16N2O3/c1-3-7-14(9-11(15)17-2)12(16)10-5-4-6-13-8-10/h4-6,8H,3,7,9H2,1-2H3. The Bertz CT molecular complexity index is 379. The van der Waals surface area contributed by atoms with Gasteiger partial charge in [-0.15, -0.1) is 0 Å². The van der Waals surface area contributed by atoms with Crippen molar-refractivity contribution >= 4 is 11.9 Å². The van der Waals surface area contributed by atoms with Crippen molar-refractivity contribution in [3.8, 4) is 0 Å². The molecular formula is C12H16N2O3. The van der Waals surface area contributed by atoms with Gasteiger partial charge in [-0.2, -0.15) is 0 Å². The van der Waals surface area contributed by atoms with E-state index in [2.05, 4.69) is 9.72 Å². The van der Waals surface area contributed by atoms with Gasteiger partial charge in [0.15, 0.2) is 0 Å². The molecule has 1 aromatic rings. The molecule has 0 unspecified atom stereocenters. The summed E-state index contributed by atoms with van der Waals surface area (Å²) in [6.45, 7) is 2.43. The van der Waals surface area contributed by atoms with E-state index in [-0.39, 0.29) is 12.5 Å². The maximum absolute atomic E-state index is 12.1. The molecule has 0 aromatic carbocycles. The Morgan fingerprint density at radius 3 is 2.76 bits per heavy atom. The molecule has 92 valence electrons. The predicted octanol–water partition coefficient (Wildman–Crippen LogP) is 1.11. The summed E-state index contributed by atoms with van der Waals surface area (Å²) in [6, 6.07) is 3.37. The Hall–Kier alpha value is -1.91. The first-order chi connectivity index (χ1) is 8.19. The second-order valence-electron chi connectivity index (χ2n) is 3.54. The molecule has 1 amide bonds. The number of rotatable bonds is 5. The van der Waals surface area contributed by atoms with Gasteiger partial charge >= 0.3 is 5.97 Å². The van der Waals surface area contributed by atoms with E-state index in [1.807, 2.05) is 6.92 Å². The molecule has 5 nitrogen and oxygen atoms in total. The first-order valence-corrected chi connectivity index (χ1v) is 5.45. The molecule has 0 spiro atoms. The fourth-order valence-electron chi connectivity index (χ4n) is 1.41. The van der Waals surface area contributed by atoms with Crippen LogP contribution in [0.4, 0.5) is 0 Å². The smallest absolute Gasteiger partial charge is 0.325 e. The second kappa shape index (κ2) is 6.62. The lowest BCUT2D eigenvalue weighted by molar-refractivity contribution is -0.141. The van der Waals surface area contributed by atoms with Crippen molar-refractivity contribution in [2.24, 2.45) is 0 Å². The van der Waals surface area contributed by atoms with Crippen molar-refractivity contribution in [3.63, 3.8) is 0 Å². The molecule has 0 N–H and O–H groups in total. The summed E-state index contributed by atoms with van der Waals surface area (Å²) in [5.74, 6) is -0.624. The lowest BCUT2D eigenvalue weighted by Crippen LogP contribution is -2.36. The van der Waals surface area contributed by atoms with Crippen LogP contribution in [0.2, 0.25) is 0 Å². The van der Waals surface area contributed by atoms with Crippen molar-refractivity contribution in [3.05, 3.63) is 30.1 Å². The maximum atomic E-state index is 12.1. The highest BCUT2D eigenvalue weighted by Crippen LogP contribution is 2.04. The zero-order valence-corrected chi connectivity index (χ0v) is 10.0. The van der Waals surface area contributed by atoms with Crippen molar-refractivity contribution in [1.82, 2.24) is 9.88 Å². The minimum atomic E-state index is -0.421. The average Bonchev–Trinajstić information content (AvgIpc) is 2.38. The lowest BCUT2D eigenvalue weighted by Gasteiger charge is -2.20. The van der Waals surface area contributed by atoms with E-state index < -0.39 is 5.97 Å². The van der Waals surface area contributed by atoms with Crippen LogP contribution in [-0.4, -0.2) is 42.0 Å². The molecule has 0 bridgehead atoms. The number of aromatic nitrogens is 1. The summed E-state index contributed by atoms with van der Waals surface area (Å²) < 4.78 is 4.56. The molecule has 0 atom stereocenters. The highest BCUT2D eigenvalue weighted by Gasteiger charge is 2.18. The number of ether oxygens (including phenoxy) is 1. The Kier molecular flexibility index (Phi) is 5.13. The lowest BCUT2D eigenvalue weighted by atomic mass is 10.2. The van der Waals surface area contributed by atoms with Crippen molar-refractivity contribution in [1.29, 1.82) is 0 Å². The van der Waals surface area contributed by atoms with Crippen LogP contribution in [0.15, 0.2) is 24.5 Å². The SMILES string of the molecule is CCCN(CC(=O)OC)C(=O)c1cccnc1. The first-order valence-electron chi connectivity index (χ1n) is 5.45. The van der Waals surface area contributed by atoms with Crippen LogP contribution in [-0.2, 0) is 9.53 Å².